The molecular formula is C15H22N4O. The normalized spacial score (nSPS) is 32.0. The minimum absolute atomic E-state index is 0.268. The average molecular weight is 274 g/mol. The minimum Gasteiger partial charge on any atom is -0.372 e. The van der Waals surface area contributed by atoms with Crippen LogP contribution in [0.2, 0.25) is 0 Å². The van der Waals surface area contributed by atoms with E-state index in [-0.39, 0.29) is 12.2 Å². The first-order chi connectivity index (χ1) is 9.69. The van der Waals surface area contributed by atoms with E-state index in [1.807, 2.05) is 0 Å². The Balaban J connectivity index is 1.62. The highest BCUT2D eigenvalue weighted by Gasteiger charge is 2.31. The molecular weight excluding hydrogens is 252 g/mol. The summed E-state index contributed by atoms with van der Waals surface area (Å²) in [6.45, 7) is 8.38. The van der Waals surface area contributed by atoms with E-state index in [0.29, 0.717) is 6.04 Å². The van der Waals surface area contributed by atoms with Crippen molar-refractivity contribution in [2.75, 3.05) is 41.3 Å². The molecule has 0 amide bonds. The van der Waals surface area contributed by atoms with Gasteiger partial charge in [-0.05, 0) is 32.4 Å². The highest BCUT2D eigenvalue weighted by atomic mass is 16.5. The minimum atomic E-state index is 0.268. The quantitative estimate of drug-likeness (QED) is 0.844. The van der Waals surface area contributed by atoms with Crippen LogP contribution in [-0.2, 0) is 4.74 Å². The fourth-order valence-electron chi connectivity index (χ4n) is 3.63. The molecule has 5 heteroatoms. The molecule has 0 radical (unpaired) electrons. The third-order valence-electron chi connectivity index (χ3n) is 4.47. The number of nitrogens with zero attached hydrogens (tertiary/aromatic N) is 3. The Morgan fingerprint density at radius 3 is 2.75 bits per heavy atom. The molecule has 4 rings (SSSR count). The van der Waals surface area contributed by atoms with Crippen LogP contribution in [0.3, 0.4) is 0 Å². The smallest absolute Gasteiger partial charge is 0.152 e. The van der Waals surface area contributed by atoms with Crippen molar-refractivity contribution in [1.29, 1.82) is 0 Å². The number of ether oxygens (including phenoxy) is 1. The van der Waals surface area contributed by atoms with Crippen LogP contribution in [0.15, 0.2) is 12.1 Å². The molecule has 0 aromatic carbocycles. The van der Waals surface area contributed by atoms with Crippen LogP contribution >= 0.6 is 0 Å². The number of aromatic nitrogens is 1. The highest BCUT2D eigenvalue weighted by Crippen LogP contribution is 2.35. The van der Waals surface area contributed by atoms with Crippen molar-refractivity contribution >= 4 is 17.3 Å². The molecule has 1 N–H and O–H groups in total. The molecule has 3 atom stereocenters. The zero-order chi connectivity index (χ0) is 13.7. The molecule has 20 heavy (non-hydrogen) atoms. The van der Waals surface area contributed by atoms with E-state index in [9.17, 15) is 0 Å². The van der Waals surface area contributed by atoms with E-state index in [4.69, 9.17) is 9.72 Å². The summed E-state index contributed by atoms with van der Waals surface area (Å²) in [6, 6.07) is 4.95. The Bertz CT molecular complexity index is 511. The van der Waals surface area contributed by atoms with Gasteiger partial charge in [0.2, 0.25) is 0 Å². The van der Waals surface area contributed by atoms with Crippen molar-refractivity contribution in [3.63, 3.8) is 0 Å². The first-order valence-electron chi connectivity index (χ1n) is 7.62. The van der Waals surface area contributed by atoms with Crippen LogP contribution < -0.4 is 15.1 Å². The van der Waals surface area contributed by atoms with Crippen LogP contribution in [0.1, 0.15) is 20.3 Å². The van der Waals surface area contributed by atoms with Gasteiger partial charge in [-0.3, -0.25) is 0 Å². The highest BCUT2D eigenvalue weighted by molar-refractivity contribution is 5.72. The van der Waals surface area contributed by atoms with E-state index in [1.54, 1.807) is 0 Å². The maximum Gasteiger partial charge on any atom is 0.152 e. The second-order valence-electron chi connectivity index (χ2n) is 6.28. The zero-order valence-corrected chi connectivity index (χ0v) is 12.2. The lowest BCUT2D eigenvalue weighted by molar-refractivity contribution is -0.00545. The third kappa shape index (κ3) is 2.00. The largest absolute Gasteiger partial charge is 0.372 e. The average Bonchev–Trinajstić information content (AvgIpc) is 2.80. The lowest BCUT2D eigenvalue weighted by Gasteiger charge is -2.37. The van der Waals surface area contributed by atoms with E-state index in [0.717, 1.165) is 37.8 Å². The number of morpholine rings is 1. The monoisotopic (exact) mass is 274 g/mol. The molecule has 5 nitrogen and oxygen atoms in total. The van der Waals surface area contributed by atoms with Gasteiger partial charge in [-0.25, -0.2) is 4.98 Å². The number of anilines is 3. The standard InChI is InChI=1S/C15H22N4O/c1-10-7-19(8-11(2)20-10)14-4-3-13-15(17-14)16-12-5-6-18(13)9-12/h3-4,10-12H,5-9H2,1-2H3,(H,16,17)/t10-,11-,12+/m1/s1. The lowest BCUT2D eigenvalue weighted by atomic mass is 10.2. The summed E-state index contributed by atoms with van der Waals surface area (Å²) in [5.41, 5.74) is 1.26. The van der Waals surface area contributed by atoms with Gasteiger partial charge in [-0.2, -0.15) is 0 Å². The third-order valence-corrected chi connectivity index (χ3v) is 4.47. The Morgan fingerprint density at radius 2 is 1.95 bits per heavy atom. The number of hydrogen-bond acceptors (Lipinski definition) is 5. The summed E-state index contributed by atoms with van der Waals surface area (Å²) >= 11 is 0. The van der Waals surface area contributed by atoms with E-state index in [1.165, 1.54) is 12.1 Å². The Kier molecular flexibility index (Phi) is 2.77. The fraction of sp³-hybridized carbons (Fsp3) is 0.667. The predicted molar refractivity (Wildman–Crippen MR) is 80.7 cm³/mol. The lowest BCUT2D eigenvalue weighted by Crippen LogP contribution is -2.46. The van der Waals surface area contributed by atoms with E-state index < -0.39 is 0 Å². The van der Waals surface area contributed by atoms with Gasteiger partial charge in [0, 0.05) is 32.2 Å². The SMILES string of the molecule is C[C@@H]1CN(c2ccc3c(n2)N[C@H]2CCN3C2)C[C@@H](C)O1. The summed E-state index contributed by atoms with van der Waals surface area (Å²) in [5, 5.41) is 3.58. The Morgan fingerprint density at radius 1 is 1.15 bits per heavy atom. The van der Waals surface area contributed by atoms with Crippen molar-refractivity contribution in [3.05, 3.63) is 12.1 Å². The molecule has 0 spiro atoms. The second kappa shape index (κ2) is 4.52. The summed E-state index contributed by atoms with van der Waals surface area (Å²) < 4.78 is 5.80. The van der Waals surface area contributed by atoms with E-state index >= 15 is 0 Å². The summed E-state index contributed by atoms with van der Waals surface area (Å²) in [5.74, 6) is 2.13. The van der Waals surface area contributed by atoms with Gasteiger partial charge >= 0.3 is 0 Å². The number of nitrogens with one attached hydrogen (secondary N) is 1. The van der Waals surface area contributed by atoms with Crippen LogP contribution in [-0.4, -0.2) is 49.4 Å². The first-order valence-corrected chi connectivity index (χ1v) is 7.62. The van der Waals surface area contributed by atoms with E-state index in [2.05, 4.69) is 41.1 Å². The second-order valence-corrected chi connectivity index (χ2v) is 6.28. The van der Waals surface area contributed by atoms with Gasteiger partial charge in [-0.15, -0.1) is 0 Å². The molecule has 2 saturated heterocycles. The molecule has 4 heterocycles. The molecule has 3 aliphatic heterocycles. The first kappa shape index (κ1) is 12.3. The van der Waals surface area contributed by atoms with Gasteiger partial charge in [-0.1, -0.05) is 0 Å². The zero-order valence-electron chi connectivity index (χ0n) is 12.2. The Labute approximate surface area is 119 Å². The Hall–Kier alpha value is -1.49. The maximum absolute atomic E-state index is 5.80. The van der Waals surface area contributed by atoms with Gasteiger partial charge in [0.15, 0.2) is 5.82 Å². The van der Waals surface area contributed by atoms with Crippen LogP contribution in [0.4, 0.5) is 17.3 Å². The van der Waals surface area contributed by atoms with Crippen molar-refractivity contribution in [1.82, 2.24) is 4.98 Å². The van der Waals surface area contributed by atoms with Crippen molar-refractivity contribution in [2.45, 2.75) is 38.5 Å². The molecule has 108 valence electrons. The van der Waals surface area contributed by atoms with Gasteiger partial charge < -0.3 is 19.9 Å². The fourth-order valence-corrected chi connectivity index (χ4v) is 3.63. The number of rotatable bonds is 1. The van der Waals surface area contributed by atoms with Crippen molar-refractivity contribution in [2.24, 2.45) is 0 Å². The van der Waals surface area contributed by atoms with Crippen LogP contribution in [0.25, 0.3) is 0 Å². The molecule has 3 aliphatic rings. The summed E-state index contributed by atoms with van der Waals surface area (Å²) in [6.07, 6.45) is 1.76. The van der Waals surface area contributed by atoms with Gasteiger partial charge in [0.25, 0.3) is 0 Å². The molecule has 2 bridgehead atoms. The topological polar surface area (TPSA) is 40.6 Å². The number of pyridine rings is 1. The number of fused-ring (bicyclic) bond motifs is 4. The van der Waals surface area contributed by atoms with Crippen molar-refractivity contribution < 1.29 is 4.74 Å². The molecule has 0 unspecified atom stereocenters. The van der Waals surface area contributed by atoms with Gasteiger partial charge in [0.1, 0.15) is 5.82 Å². The number of hydrogen-bond donors (Lipinski definition) is 1. The molecule has 0 aliphatic carbocycles. The summed E-state index contributed by atoms with van der Waals surface area (Å²) in [7, 11) is 0. The molecule has 0 saturated carbocycles. The van der Waals surface area contributed by atoms with Crippen LogP contribution in [0, 0.1) is 0 Å². The molecule has 2 fully saturated rings. The van der Waals surface area contributed by atoms with Crippen LogP contribution in [0.5, 0.6) is 0 Å². The molecule has 1 aromatic rings. The van der Waals surface area contributed by atoms with Crippen molar-refractivity contribution in [3.8, 4) is 0 Å². The summed E-state index contributed by atoms with van der Waals surface area (Å²) in [4.78, 5) is 9.65. The predicted octanol–water partition coefficient (Wildman–Crippen LogP) is 1.70. The maximum atomic E-state index is 5.80. The van der Waals surface area contributed by atoms with Gasteiger partial charge in [0.05, 0.1) is 17.9 Å². The molecule has 1 aromatic heterocycles.